The number of rotatable bonds is 9. The molecule has 0 rings (SSSR count). The SMILES string of the molecule is CC.CC.CCCCCCNC(=O)CCCC(N)=O. The van der Waals surface area contributed by atoms with Crippen LogP contribution in [0.25, 0.3) is 0 Å². The summed E-state index contributed by atoms with van der Waals surface area (Å²) in [4.78, 5) is 21.6. The van der Waals surface area contributed by atoms with E-state index in [2.05, 4.69) is 12.2 Å². The molecule has 4 heteroatoms. The summed E-state index contributed by atoms with van der Waals surface area (Å²) in [6.45, 7) is 10.9. The summed E-state index contributed by atoms with van der Waals surface area (Å²) >= 11 is 0. The van der Waals surface area contributed by atoms with Crippen LogP contribution in [-0.4, -0.2) is 18.4 Å². The lowest BCUT2D eigenvalue weighted by molar-refractivity contribution is -0.121. The predicted octanol–water partition coefficient (Wildman–Crippen LogP) is 3.39. The molecule has 0 unspecified atom stereocenters. The topological polar surface area (TPSA) is 72.2 Å². The van der Waals surface area contributed by atoms with Gasteiger partial charge in [-0.1, -0.05) is 53.9 Å². The van der Waals surface area contributed by atoms with Crippen molar-refractivity contribution in [2.45, 2.75) is 79.6 Å². The molecule has 0 aliphatic rings. The number of nitrogens with one attached hydrogen (secondary N) is 1. The third kappa shape index (κ3) is 26.5. The number of primary amides is 1. The van der Waals surface area contributed by atoms with Crippen molar-refractivity contribution < 1.29 is 9.59 Å². The summed E-state index contributed by atoms with van der Waals surface area (Å²) in [7, 11) is 0. The zero-order valence-electron chi connectivity index (χ0n) is 13.6. The van der Waals surface area contributed by atoms with Crippen molar-refractivity contribution in [3.8, 4) is 0 Å². The fourth-order valence-corrected chi connectivity index (χ4v) is 1.29. The van der Waals surface area contributed by atoms with Crippen LogP contribution in [0.4, 0.5) is 0 Å². The van der Waals surface area contributed by atoms with E-state index in [1.807, 2.05) is 27.7 Å². The minimum Gasteiger partial charge on any atom is -0.370 e. The molecule has 0 bridgehead atoms. The van der Waals surface area contributed by atoms with Gasteiger partial charge >= 0.3 is 0 Å². The van der Waals surface area contributed by atoms with Gasteiger partial charge < -0.3 is 11.1 Å². The molecule has 0 saturated heterocycles. The van der Waals surface area contributed by atoms with Gasteiger partial charge in [0.15, 0.2) is 0 Å². The molecule has 3 N–H and O–H groups in total. The van der Waals surface area contributed by atoms with Gasteiger partial charge in [0.25, 0.3) is 0 Å². The second-order valence-corrected chi connectivity index (χ2v) is 3.73. The van der Waals surface area contributed by atoms with Crippen LogP contribution in [0.3, 0.4) is 0 Å². The molecule has 0 aliphatic carbocycles. The number of amides is 2. The smallest absolute Gasteiger partial charge is 0.220 e. The molecule has 0 aromatic rings. The van der Waals surface area contributed by atoms with Gasteiger partial charge in [-0.3, -0.25) is 9.59 Å². The fraction of sp³-hybridized carbons (Fsp3) is 0.867. The van der Waals surface area contributed by atoms with Gasteiger partial charge in [-0.25, -0.2) is 0 Å². The molecule has 0 heterocycles. The number of unbranched alkanes of at least 4 members (excludes halogenated alkanes) is 3. The molecule has 0 aliphatic heterocycles. The van der Waals surface area contributed by atoms with Gasteiger partial charge in [-0.2, -0.15) is 0 Å². The maximum atomic E-state index is 11.2. The molecule has 0 spiro atoms. The van der Waals surface area contributed by atoms with Gasteiger partial charge in [0.1, 0.15) is 0 Å². The molecular weight excluding hydrogens is 240 g/mol. The number of carbonyl (C=O) groups is 2. The standard InChI is InChI=1S/C11H22N2O2.2C2H6/c1-2-3-4-5-9-13-11(15)8-6-7-10(12)14;2*1-2/h2-9H2,1H3,(H2,12,14)(H,13,15);2*1-2H3. The molecule has 0 radical (unpaired) electrons. The van der Waals surface area contributed by atoms with Crippen molar-refractivity contribution in [2.75, 3.05) is 6.54 Å². The Morgan fingerprint density at radius 1 is 0.895 bits per heavy atom. The largest absolute Gasteiger partial charge is 0.370 e. The first-order valence-corrected chi connectivity index (χ1v) is 7.71. The van der Waals surface area contributed by atoms with E-state index in [4.69, 9.17) is 5.73 Å². The van der Waals surface area contributed by atoms with E-state index in [-0.39, 0.29) is 11.8 Å². The van der Waals surface area contributed by atoms with Crippen LogP contribution in [0.1, 0.15) is 79.6 Å². The Bertz CT molecular complexity index is 195. The summed E-state index contributed by atoms with van der Waals surface area (Å²) in [6.07, 6.45) is 5.87. The average molecular weight is 274 g/mol. The van der Waals surface area contributed by atoms with Crippen LogP contribution in [0.2, 0.25) is 0 Å². The summed E-state index contributed by atoms with van der Waals surface area (Å²) in [6, 6.07) is 0. The van der Waals surface area contributed by atoms with Crippen molar-refractivity contribution in [1.82, 2.24) is 5.32 Å². The highest BCUT2D eigenvalue weighted by atomic mass is 16.2. The lowest BCUT2D eigenvalue weighted by Gasteiger charge is -2.03. The lowest BCUT2D eigenvalue weighted by Crippen LogP contribution is -2.24. The number of hydrogen-bond acceptors (Lipinski definition) is 2. The van der Waals surface area contributed by atoms with Gasteiger partial charge in [0.05, 0.1) is 0 Å². The Morgan fingerprint density at radius 2 is 1.47 bits per heavy atom. The lowest BCUT2D eigenvalue weighted by atomic mass is 10.2. The Kier molecular flexibility index (Phi) is 26.9. The van der Waals surface area contributed by atoms with Crippen LogP contribution in [-0.2, 0) is 9.59 Å². The maximum Gasteiger partial charge on any atom is 0.220 e. The first-order chi connectivity index (χ1) is 9.16. The highest BCUT2D eigenvalue weighted by Crippen LogP contribution is 1.98. The fourth-order valence-electron chi connectivity index (χ4n) is 1.29. The van der Waals surface area contributed by atoms with E-state index in [0.29, 0.717) is 19.3 Å². The molecule has 0 fully saturated rings. The Morgan fingerprint density at radius 3 is 1.95 bits per heavy atom. The van der Waals surface area contributed by atoms with E-state index in [0.717, 1.165) is 19.4 Å². The Balaban J connectivity index is -0.000000579. The summed E-state index contributed by atoms with van der Waals surface area (Å²) in [5.74, 6) is -0.321. The normalized spacial score (nSPS) is 8.47. The second-order valence-electron chi connectivity index (χ2n) is 3.73. The number of hydrogen-bond donors (Lipinski definition) is 2. The quantitative estimate of drug-likeness (QED) is 0.633. The molecule has 0 aromatic carbocycles. The van der Waals surface area contributed by atoms with E-state index in [1.165, 1.54) is 12.8 Å². The molecule has 0 aromatic heterocycles. The summed E-state index contributed by atoms with van der Waals surface area (Å²) in [5.41, 5.74) is 4.96. The number of carbonyl (C=O) groups excluding carboxylic acids is 2. The molecule has 2 amide bonds. The minimum atomic E-state index is -0.342. The zero-order chi connectivity index (χ0) is 15.5. The van der Waals surface area contributed by atoms with Crippen molar-refractivity contribution >= 4 is 11.8 Å². The van der Waals surface area contributed by atoms with Crippen LogP contribution < -0.4 is 11.1 Å². The van der Waals surface area contributed by atoms with E-state index in [9.17, 15) is 9.59 Å². The van der Waals surface area contributed by atoms with Crippen LogP contribution >= 0.6 is 0 Å². The Labute approximate surface area is 119 Å². The zero-order valence-corrected chi connectivity index (χ0v) is 13.6. The predicted molar refractivity (Wildman–Crippen MR) is 82.9 cm³/mol. The molecule has 0 atom stereocenters. The van der Waals surface area contributed by atoms with Crippen LogP contribution in [0, 0.1) is 0 Å². The highest BCUT2D eigenvalue weighted by Gasteiger charge is 2.01. The maximum absolute atomic E-state index is 11.2. The van der Waals surface area contributed by atoms with Crippen molar-refractivity contribution in [3.63, 3.8) is 0 Å². The van der Waals surface area contributed by atoms with Crippen LogP contribution in [0.15, 0.2) is 0 Å². The summed E-state index contributed by atoms with van der Waals surface area (Å²) < 4.78 is 0. The third-order valence-corrected chi connectivity index (χ3v) is 2.18. The Hall–Kier alpha value is -1.06. The van der Waals surface area contributed by atoms with Crippen molar-refractivity contribution in [3.05, 3.63) is 0 Å². The molecule has 19 heavy (non-hydrogen) atoms. The first-order valence-electron chi connectivity index (χ1n) is 7.71. The van der Waals surface area contributed by atoms with Gasteiger partial charge in [0, 0.05) is 19.4 Å². The first kappa shape index (κ1) is 23.1. The molecule has 4 nitrogen and oxygen atoms in total. The monoisotopic (exact) mass is 274 g/mol. The van der Waals surface area contributed by atoms with Gasteiger partial charge in [-0.15, -0.1) is 0 Å². The second kappa shape index (κ2) is 22.1. The van der Waals surface area contributed by atoms with E-state index >= 15 is 0 Å². The molecular formula is C15H34N2O2. The highest BCUT2D eigenvalue weighted by molar-refractivity contribution is 5.77. The summed E-state index contributed by atoms with van der Waals surface area (Å²) in [5, 5.41) is 2.82. The molecule has 0 saturated carbocycles. The minimum absolute atomic E-state index is 0.0211. The van der Waals surface area contributed by atoms with Gasteiger partial charge in [0.2, 0.25) is 11.8 Å². The van der Waals surface area contributed by atoms with Crippen LogP contribution in [0.5, 0.6) is 0 Å². The average Bonchev–Trinajstić information content (AvgIpc) is 2.42. The number of nitrogens with two attached hydrogens (primary N) is 1. The van der Waals surface area contributed by atoms with E-state index in [1.54, 1.807) is 0 Å². The third-order valence-electron chi connectivity index (χ3n) is 2.18. The van der Waals surface area contributed by atoms with Gasteiger partial charge in [-0.05, 0) is 12.8 Å². The molecule has 116 valence electrons. The van der Waals surface area contributed by atoms with E-state index < -0.39 is 0 Å². The van der Waals surface area contributed by atoms with Crippen molar-refractivity contribution in [2.24, 2.45) is 5.73 Å². The van der Waals surface area contributed by atoms with Crippen molar-refractivity contribution in [1.29, 1.82) is 0 Å².